The van der Waals surface area contributed by atoms with Crippen molar-refractivity contribution in [2.45, 2.75) is 18.9 Å². The summed E-state index contributed by atoms with van der Waals surface area (Å²) in [6, 6.07) is 16.8. The van der Waals surface area contributed by atoms with Gasteiger partial charge in [0.1, 0.15) is 17.5 Å². The number of carboxylic acid groups (broad SMARTS) is 1. The third kappa shape index (κ3) is 5.78. The molecule has 3 aromatic carbocycles. The second-order valence-electron chi connectivity index (χ2n) is 7.23. The van der Waals surface area contributed by atoms with Crippen molar-refractivity contribution >= 4 is 35.1 Å². The number of aliphatic carboxylic acids is 1. The molecule has 0 unspecified atom stereocenters. The smallest absolute Gasteiger partial charge is 0.326 e. The van der Waals surface area contributed by atoms with Gasteiger partial charge < -0.3 is 19.9 Å². The molecule has 1 amide bonds. The number of amides is 1. The van der Waals surface area contributed by atoms with Gasteiger partial charge in [0, 0.05) is 0 Å². The van der Waals surface area contributed by atoms with Crippen LogP contribution in [0.1, 0.15) is 22.3 Å². The van der Waals surface area contributed by atoms with Crippen LogP contribution in [-0.4, -0.2) is 37.2 Å². The lowest BCUT2D eigenvalue weighted by Gasteiger charge is -2.16. The Morgan fingerprint density at radius 2 is 1.45 bits per heavy atom. The van der Waals surface area contributed by atoms with Gasteiger partial charge in [-0.3, -0.25) is 4.79 Å². The van der Waals surface area contributed by atoms with Crippen LogP contribution < -0.4 is 14.8 Å². The summed E-state index contributed by atoms with van der Waals surface area (Å²) < 4.78 is 10.9. The molecule has 1 atom stereocenters. The fourth-order valence-electron chi connectivity index (χ4n) is 3.49. The van der Waals surface area contributed by atoms with Gasteiger partial charge in [-0.05, 0) is 48.2 Å². The van der Waals surface area contributed by atoms with E-state index in [4.69, 9.17) is 32.7 Å². The number of methoxy groups -OCH3 is 2. The third-order valence-electron chi connectivity index (χ3n) is 5.19. The second-order valence-corrected chi connectivity index (χ2v) is 8.05. The van der Waals surface area contributed by atoms with Gasteiger partial charge in [-0.25, -0.2) is 4.79 Å². The molecule has 0 radical (unpaired) electrons. The number of carbonyl (C=O) groups excluding carboxylic acids is 1. The summed E-state index contributed by atoms with van der Waals surface area (Å²) in [5, 5.41) is 12.4. The van der Waals surface area contributed by atoms with E-state index in [0.29, 0.717) is 17.9 Å². The fourth-order valence-corrected chi connectivity index (χ4v) is 4.06. The molecule has 8 heteroatoms. The predicted molar refractivity (Wildman–Crippen MR) is 129 cm³/mol. The fraction of sp³-hybridized carbons (Fsp3) is 0.200. The summed E-state index contributed by atoms with van der Waals surface area (Å²) in [6.07, 6.45) is 0.636. The Bertz CT molecular complexity index is 1110. The van der Waals surface area contributed by atoms with E-state index in [2.05, 4.69) is 5.32 Å². The first-order chi connectivity index (χ1) is 15.8. The Hall–Kier alpha value is -3.22. The summed E-state index contributed by atoms with van der Waals surface area (Å²) >= 11 is 12.1. The maximum atomic E-state index is 12.6. The van der Waals surface area contributed by atoms with Crippen LogP contribution in [0.4, 0.5) is 0 Å². The molecule has 0 aliphatic heterocycles. The van der Waals surface area contributed by atoms with Crippen LogP contribution in [0.2, 0.25) is 10.0 Å². The molecule has 0 fully saturated rings. The molecule has 0 spiro atoms. The minimum absolute atomic E-state index is 0.0576. The van der Waals surface area contributed by atoms with Gasteiger partial charge in [-0.2, -0.15) is 0 Å². The van der Waals surface area contributed by atoms with E-state index in [1.54, 1.807) is 20.3 Å². The lowest BCUT2D eigenvalue weighted by Crippen LogP contribution is -2.41. The number of carbonyl (C=O) groups is 2. The topological polar surface area (TPSA) is 84.9 Å². The average Bonchev–Trinajstić information content (AvgIpc) is 2.81. The molecule has 33 heavy (non-hydrogen) atoms. The molecule has 0 bridgehead atoms. The van der Waals surface area contributed by atoms with Crippen molar-refractivity contribution in [1.82, 2.24) is 5.32 Å². The summed E-state index contributed by atoms with van der Waals surface area (Å²) in [4.78, 5) is 24.3. The number of hydrogen-bond donors (Lipinski definition) is 2. The summed E-state index contributed by atoms with van der Waals surface area (Å²) in [5.74, 6) is -0.388. The zero-order valence-corrected chi connectivity index (χ0v) is 19.6. The van der Waals surface area contributed by atoms with Crippen LogP contribution in [0.15, 0.2) is 60.7 Å². The predicted octanol–water partition coefficient (Wildman–Crippen LogP) is 5.49. The Balaban J connectivity index is 1.72. The Kier molecular flexibility index (Phi) is 8.20. The number of hydrogen-bond acceptors (Lipinski definition) is 4. The maximum Gasteiger partial charge on any atom is 0.326 e. The van der Waals surface area contributed by atoms with Crippen molar-refractivity contribution in [2.75, 3.05) is 14.2 Å². The zero-order valence-electron chi connectivity index (χ0n) is 18.1. The van der Waals surface area contributed by atoms with Crippen molar-refractivity contribution in [1.29, 1.82) is 0 Å². The van der Waals surface area contributed by atoms with Gasteiger partial charge in [0.25, 0.3) is 5.91 Å². The van der Waals surface area contributed by atoms with Gasteiger partial charge >= 0.3 is 5.97 Å². The summed E-state index contributed by atoms with van der Waals surface area (Å²) in [7, 11) is 3.20. The molecule has 0 aliphatic carbocycles. The monoisotopic (exact) mass is 487 g/mol. The highest BCUT2D eigenvalue weighted by Gasteiger charge is 2.23. The zero-order chi connectivity index (χ0) is 24.0. The van der Waals surface area contributed by atoms with Gasteiger partial charge in [0.2, 0.25) is 0 Å². The van der Waals surface area contributed by atoms with Gasteiger partial charge in [-0.15, -0.1) is 0 Å². The number of halogens is 2. The third-order valence-corrected chi connectivity index (χ3v) is 5.82. The van der Waals surface area contributed by atoms with Crippen LogP contribution in [0, 0.1) is 0 Å². The van der Waals surface area contributed by atoms with E-state index >= 15 is 0 Å². The van der Waals surface area contributed by atoms with Crippen LogP contribution in [0.5, 0.6) is 11.5 Å². The number of ether oxygens (including phenoxy) is 2. The molecule has 0 aliphatic rings. The van der Waals surface area contributed by atoms with Crippen molar-refractivity contribution in [3.63, 3.8) is 0 Å². The van der Waals surface area contributed by atoms with E-state index in [1.165, 1.54) is 12.1 Å². The van der Waals surface area contributed by atoms with Gasteiger partial charge in [-0.1, -0.05) is 59.6 Å². The van der Waals surface area contributed by atoms with Crippen LogP contribution in [-0.2, 0) is 11.2 Å². The number of rotatable bonds is 9. The van der Waals surface area contributed by atoms with E-state index in [0.717, 1.165) is 16.7 Å². The van der Waals surface area contributed by atoms with Gasteiger partial charge in [0.05, 0.1) is 35.4 Å². The average molecular weight is 488 g/mol. The van der Waals surface area contributed by atoms with E-state index in [1.807, 2.05) is 42.5 Å². The number of benzene rings is 3. The molecular weight excluding hydrogens is 465 g/mol. The Labute approximate surface area is 202 Å². The molecule has 0 saturated carbocycles. The van der Waals surface area contributed by atoms with E-state index in [9.17, 15) is 14.7 Å². The summed E-state index contributed by atoms with van der Waals surface area (Å²) in [6.45, 7) is 0. The van der Waals surface area contributed by atoms with Crippen LogP contribution in [0.25, 0.3) is 11.1 Å². The van der Waals surface area contributed by atoms with Crippen molar-refractivity contribution in [3.8, 4) is 22.6 Å². The molecule has 2 N–H and O–H groups in total. The molecule has 0 saturated heterocycles. The van der Waals surface area contributed by atoms with E-state index in [-0.39, 0.29) is 22.0 Å². The number of carboxylic acids is 1. The van der Waals surface area contributed by atoms with Crippen LogP contribution >= 0.6 is 23.2 Å². The second kappa shape index (κ2) is 11.1. The van der Waals surface area contributed by atoms with Crippen LogP contribution in [0.3, 0.4) is 0 Å². The molecule has 0 aromatic heterocycles. The van der Waals surface area contributed by atoms with E-state index < -0.39 is 17.9 Å². The van der Waals surface area contributed by atoms with Crippen molar-refractivity contribution in [3.05, 3.63) is 81.8 Å². The quantitative estimate of drug-likeness (QED) is 0.416. The first kappa shape index (κ1) is 24.4. The number of aryl methyl sites for hydroxylation is 1. The maximum absolute atomic E-state index is 12.6. The highest BCUT2D eigenvalue weighted by molar-refractivity contribution is 6.39. The Morgan fingerprint density at radius 1 is 0.909 bits per heavy atom. The van der Waals surface area contributed by atoms with Crippen molar-refractivity contribution in [2.24, 2.45) is 0 Å². The minimum atomic E-state index is -1.14. The molecule has 3 aromatic rings. The highest BCUT2D eigenvalue weighted by Crippen LogP contribution is 2.38. The first-order valence-electron chi connectivity index (χ1n) is 10.1. The van der Waals surface area contributed by atoms with Crippen molar-refractivity contribution < 1.29 is 24.2 Å². The first-order valence-corrected chi connectivity index (χ1v) is 10.9. The lowest BCUT2D eigenvalue weighted by molar-refractivity contribution is -0.139. The molecule has 3 rings (SSSR count). The Morgan fingerprint density at radius 3 is 1.97 bits per heavy atom. The minimum Gasteiger partial charge on any atom is -0.496 e. The number of nitrogens with one attached hydrogen (secondary N) is 1. The normalized spacial score (nSPS) is 11.5. The summed E-state index contributed by atoms with van der Waals surface area (Å²) in [5.41, 5.74) is 2.72. The largest absolute Gasteiger partial charge is 0.496 e. The SMILES string of the molecule is COc1cccc(OC)c1-c1ccc(CC[C@@H](NC(=O)c2c(Cl)cccc2Cl)C(=O)O)cc1. The molecule has 172 valence electrons. The standard InChI is InChI=1S/C25H23Cl2NO5/c1-32-20-7-4-8-21(33-2)22(20)16-12-9-15(10-13-16)11-14-19(25(30)31)28-24(29)23-17(26)5-3-6-18(23)27/h3-10,12-13,19H,11,14H2,1-2H3,(H,28,29)(H,30,31)/t19-/m1/s1. The molecule has 0 heterocycles. The van der Waals surface area contributed by atoms with Gasteiger partial charge in [0.15, 0.2) is 0 Å². The highest BCUT2D eigenvalue weighted by atomic mass is 35.5. The molecular formula is C25H23Cl2NO5. The lowest BCUT2D eigenvalue weighted by atomic mass is 9.99. The molecule has 6 nitrogen and oxygen atoms in total.